The molecule has 2 rings (SSSR count). The van der Waals surface area contributed by atoms with Crippen molar-refractivity contribution in [3.63, 3.8) is 0 Å². The maximum Gasteiger partial charge on any atom is 0.274 e. The Bertz CT molecular complexity index is 393. The number of hydrogen-bond donors (Lipinski definition) is 2. The van der Waals surface area contributed by atoms with E-state index in [9.17, 15) is 4.79 Å². The fourth-order valence-electron chi connectivity index (χ4n) is 2.44. The van der Waals surface area contributed by atoms with Gasteiger partial charge in [0.2, 0.25) is 0 Å². The highest BCUT2D eigenvalue weighted by atomic mass is 16.2. The van der Waals surface area contributed by atoms with Crippen molar-refractivity contribution in [2.75, 3.05) is 12.8 Å². The van der Waals surface area contributed by atoms with E-state index in [-0.39, 0.29) is 5.91 Å². The predicted octanol–water partition coefficient (Wildman–Crippen LogP) is 1.64. The van der Waals surface area contributed by atoms with Crippen molar-refractivity contribution in [3.8, 4) is 0 Å². The van der Waals surface area contributed by atoms with Gasteiger partial charge in [-0.2, -0.15) is 5.10 Å². The van der Waals surface area contributed by atoms with Crippen molar-refractivity contribution in [1.29, 1.82) is 0 Å². The zero-order valence-corrected chi connectivity index (χ0v) is 10.4. The number of hydrogen-bond acceptors (Lipinski definition) is 3. The molecule has 5 heteroatoms. The molecule has 5 nitrogen and oxygen atoms in total. The third kappa shape index (κ3) is 2.43. The number of H-pyrrole nitrogens is 1. The molecule has 1 aliphatic carbocycles. The van der Waals surface area contributed by atoms with E-state index < -0.39 is 0 Å². The first-order chi connectivity index (χ1) is 8.09. The van der Waals surface area contributed by atoms with Crippen LogP contribution in [0.2, 0.25) is 0 Å². The van der Waals surface area contributed by atoms with Crippen LogP contribution in [-0.4, -0.2) is 34.1 Å². The number of nitrogens with one attached hydrogen (secondary N) is 1. The van der Waals surface area contributed by atoms with E-state index in [0.717, 1.165) is 18.8 Å². The number of nitrogen functional groups attached to an aromatic ring is 1. The van der Waals surface area contributed by atoms with Crippen LogP contribution in [0.15, 0.2) is 6.20 Å². The van der Waals surface area contributed by atoms with E-state index in [1.807, 2.05) is 7.05 Å². The smallest absolute Gasteiger partial charge is 0.274 e. The van der Waals surface area contributed by atoms with Gasteiger partial charge in [0.15, 0.2) is 0 Å². The summed E-state index contributed by atoms with van der Waals surface area (Å²) < 4.78 is 0. The average Bonchev–Trinajstić information content (AvgIpc) is 2.74. The molecule has 1 aliphatic rings. The summed E-state index contributed by atoms with van der Waals surface area (Å²) in [5, 5.41) is 6.45. The molecule has 0 radical (unpaired) electrons. The molecule has 1 aromatic heterocycles. The lowest BCUT2D eigenvalue weighted by Crippen LogP contribution is -2.39. The van der Waals surface area contributed by atoms with Crippen LogP contribution in [-0.2, 0) is 0 Å². The summed E-state index contributed by atoms with van der Waals surface area (Å²) in [7, 11) is 1.85. The van der Waals surface area contributed by atoms with Crippen molar-refractivity contribution >= 4 is 11.6 Å². The topological polar surface area (TPSA) is 75.0 Å². The van der Waals surface area contributed by atoms with Crippen LogP contribution in [0.3, 0.4) is 0 Å². The number of nitrogens with two attached hydrogens (primary N) is 1. The van der Waals surface area contributed by atoms with Gasteiger partial charge in [-0.05, 0) is 31.6 Å². The highest BCUT2D eigenvalue weighted by Crippen LogP contribution is 2.27. The van der Waals surface area contributed by atoms with Gasteiger partial charge in [-0.25, -0.2) is 0 Å². The molecule has 0 saturated heterocycles. The summed E-state index contributed by atoms with van der Waals surface area (Å²) in [6.45, 7) is 2.27. The van der Waals surface area contributed by atoms with E-state index >= 15 is 0 Å². The van der Waals surface area contributed by atoms with Crippen LogP contribution < -0.4 is 5.73 Å². The van der Waals surface area contributed by atoms with Crippen molar-refractivity contribution in [2.45, 2.75) is 38.6 Å². The third-order valence-corrected chi connectivity index (χ3v) is 3.74. The van der Waals surface area contributed by atoms with Gasteiger partial charge in [0.25, 0.3) is 5.91 Å². The molecule has 0 unspecified atom stereocenters. The maximum atomic E-state index is 12.2. The lowest BCUT2D eigenvalue weighted by Gasteiger charge is -2.33. The Kier molecular flexibility index (Phi) is 3.36. The van der Waals surface area contributed by atoms with Gasteiger partial charge in [-0.1, -0.05) is 6.92 Å². The fourth-order valence-corrected chi connectivity index (χ4v) is 2.44. The molecule has 1 fully saturated rings. The van der Waals surface area contributed by atoms with E-state index in [1.165, 1.54) is 19.0 Å². The standard InChI is InChI=1S/C12H20N4O/c1-8-3-5-9(6-4-8)16(2)12(17)11-10(13)7-14-15-11/h7-9H,3-6,13H2,1-2H3,(H,14,15). The van der Waals surface area contributed by atoms with Gasteiger partial charge in [-0.15, -0.1) is 0 Å². The average molecular weight is 236 g/mol. The number of rotatable bonds is 2. The van der Waals surface area contributed by atoms with Crippen molar-refractivity contribution in [3.05, 3.63) is 11.9 Å². The van der Waals surface area contributed by atoms with Crippen LogP contribution in [0, 0.1) is 5.92 Å². The van der Waals surface area contributed by atoms with Crippen LogP contribution >= 0.6 is 0 Å². The molecule has 0 bridgehead atoms. The van der Waals surface area contributed by atoms with Crippen molar-refractivity contribution in [1.82, 2.24) is 15.1 Å². The minimum atomic E-state index is -0.0560. The lowest BCUT2D eigenvalue weighted by molar-refractivity contribution is 0.0674. The molecule has 94 valence electrons. The molecule has 0 atom stereocenters. The van der Waals surface area contributed by atoms with Crippen LogP contribution in [0.1, 0.15) is 43.1 Å². The molecule has 1 aromatic rings. The number of aromatic nitrogens is 2. The summed E-state index contributed by atoms with van der Waals surface area (Å²) in [4.78, 5) is 14.0. The van der Waals surface area contributed by atoms with E-state index in [0.29, 0.717) is 17.4 Å². The quantitative estimate of drug-likeness (QED) is 0.819. The van der Waals surface area contributed by atoms with Crippen LogP contribution in [0.4, 0.5) is 5.69 Å². The number of carbonyl (C=O) groups is 1. The first-order valence-electron chi connectivity index (χ1n) is 6.15. The first-order valence-corrected chi connectivity index (χ1v) is 6.15. The summed E-state index contributed by atoms with van der Waals surface area (Å²) in [5.74, 6) is 0.728. The first kappa shape index (κ1) is 12.0. The van der Waals surface area contributed by atoms with Crippen LogP contribution in [0.5, 0.6) is 0 Å². The second kappa shape index (κ2) is 4.77. The molecule has 3 N–H and O–H groups in total. The predicted molar refractivity (Wildman–Crippen MR) is 66.5 cm³/mol. The number of carbonyl (C=O) groups excluding carboxylic acids is 1. The number of aromatic amines is 1. The van der Waals surface area contributed by atoms with Crippen molar-refractivity contribution in [2.24, 2.45) is 5.92 Å². The Labute approximate surface area is 101 Å². The van der Waals surface area contributed by atoms with Gasteiger partial charge in [0.1, 0.15) is 5.69 Å². The molecule has 1 amide bonds. The molecule has 0 aromatic carbocycles. The molecule has 1 saturated carbocycles. The zero-order chi connectivity index (χ0) is 12.4. The Morgan fingerprint density at radius 3 is 2.65 bits per heavy atom. The molecular formula is C12H20N4O. The summed E-state index contributed by atoms with van der Waals surface area (Å²) >= 11 is 0. The molecule has 0 aliphatic heterocycles. The van der Waals surface area contributed by atoms with Gasteiger partial charge in [0.05, 0.1) is 11.9 Å². The third-order valence-electron chi connectivity index (χ3n) is 3.74. The number of nitrogens with zero attached hydrogens (tertiary/aromatic N) is 2. The van der Waals surface area contributed by atoms with Gasteiger partial charge < -0.3 is 10.6 Å². The second-order valence-corrected chi connectivity index (χ2v) is 5.03. The minimum absolute atomic E-state index is 0.0560. The zero-order valence-electron chi connectivity index (χ0n) is 10.4. The number of anilines is 1. The molecule has 1 heterocycles. The van der Waals surface area contributed by atoms with Crippen molar-refractivity contribution < 1.29 is 4.79 Å². The lowest BCUT2D eigenvalue weighted by atomic mass is 9.86. The molecule has 0 spiro atoms. The van der Waals surface area contributed by atoms with Crippen LogP contribution in [0.25, 0.3) is 0 Å². The van der Waals surface area contributed by atoms with Gasteiger partial charge in [0, 0.05) is 13.1 Å². The fraction of sp³-hybridized carbons (Fsp3) is 0.667. The van der Waals surface area contributed by atoms with E-state index in [4.69, 9.17) is 5.73 Å². The Morgan fingerprint density at radius 2 is 2.12 bits per heavy atom. The maximum absolute atomic E-state index is 12.2. The highest BCUT2D eigenvalue weighted by molar-refractivity contribution is 5.97. The second-order valence-electron chi connectivity index (χ2n) is 5.03. The number of amides is 1. The molecule has 17 heavy (non-hydrogen) atoms. The minimum Gasteiger partial charge on any atom is -0.396 e. The van der Waals surface area contributed by atoms with Gasteiger partial charge >= 0.3 is 0 Å². The SMILES string of the molecule is CC1CCC(N(C)C(=O)c2[nH]ncc2N)CC1. The highest BCUT2D eigenvalue weighted by Gasteiger charge is 2.26. The normalized spacial score (nSPS) is 24.6. The monoisotopic (exact) mass is 236 g/mol. The summed E-state index contributed by atoms with van der Waals surface area (Å²) in [6, 6.07) is 0.335. The molecular weight excluding hydrogens is 216 g/mol. The Hall–Kier alpha value is -1.52. The Balaban J connectivity index is 2.03. The van der Waals surface area contributed by atoms with E-state index in [1.54, 1.807) is 4.90 Å². The summed E-state index contributed by atoms with van der Waals surface area (Å²) in [5.41, 5.74) is 6.52. The summed E-state index contributed by atoms with van der Waals surface area (Å²) in [6.07, 6.45) is 6.03. The van der Waals surface area contributed by atoms with E-state index in [2.05, 4.69) is 17.1 Å². The van der Waals surface area contributed by atoms with Gasteiger partial charge in [-0.3, -0.25) is 9.89 Å². The Morgan fingerprint density at radius 1 is 1.47 bits per heavy atom. The largest absolute Gasteiger partial charge is 0.396 e.